The van der Waals surface area contributed by atoms with Gasteiger partial charge in [-0.05, 0) is 31.5 Å². The van der Waals surface area contributed by atoms with Crippen molar-refractivity contribution in [3.63, 3.8) is 0 Å². The smallest absolute Gasteiger partial charge is 0.267 e. The van der Waals surface area contributed by atoms with Crippen molar-refractivity contribution in [3.8, 4) is 0 Å². The van der Waals surface area contributed by atoms with E-state index < -0.39 is 11.8 Å². The van der Waals surface area contributed by atoms with E-state index in [0.717, 1.165) is 27.5 Å². The zero-order valence-corrected chi connectivity index (χ0v) is 15.1. The first-order chi connectivity index (χ1) is 13.1. The zero-order chi connectivity index (χ0) is 19.0. The van der Waals surface area contributed by atoms with Crippen LogP contribution in [-0.4, -0.2) is 32.8 Å². The maximum absolute atomic E-state index is 12.4. The normalized spacial score (nSPS) is 13.6. The summed E-state index contributed by atoms with van der Waals surface area (Å²) in [5, 5.41) is 9.65. The highest BCUT2D eigenvalue weighted by Crippen LogP contribution is 2.23. The van der Waals surface area contributed by atoms with Gasteiger partial charge < -0.3 is 0 Å². The summed E-state index contributed by atoms with van der Waals surface area (Å²) in [5.74, 6) is -0.808. The molecule has 2 heterocycles. The van der Waals surface area contributed by atoms with Crippen LogP contribution in [0, 0.1) is 13.8 Å². The molecule has 0 aliphatic carbocycles. The Labute approximate surface area is 156 Å². The molecule has 0 N–H and O–H groups in total. The Balaban J connectivity index is 1.60. The average Bonchev–Trinajstić information content (AvgIpc) is 3.08. The number of carbonyl (C=O) groups excluding carboxylic acids is 2. The van der Waals surface area contributed by atoms with Gasteiger partial charge in [-0.1, -0.05) is 42.5 Å². The van der Waals surface area contributed by atoms with Crippen LogP contribution in [0.4, 0.5) is 0 Å². The summed E-state index contributed by atoms with van der Waals surface area (Å²) in [6, 6.07) is 16.8. The molecule has 6 heteroatoms. The second kappa shape index (κ2) is 6.64. The van der Waals surface area contributed by atoms with Crippen molar-refractivity contribution < 1.29 is 9.59 Å². The van der Waals surface area contributed by atoms with Gasteiger partial charge in [0.05, 0.1) is 29.6 Å². The van der Waals surface area contributed by atoms with Gasteiger partial charge in [-0.2, -0.15) is 15.2 Å². The van der Waals surface area contributed by atoms with E-state index >= 15 is 0 Å². The third kappa shape index (κ3) is 2.95. The number of hydrogen-bond acceptors (Lipinski definition) is 4. The van der Waals surface area contributed by atoms with Crippen molar-refractivity contribution in [3.05, 3.63) is 88.2 Å². The topological polar surface area (TPSA) is 67.6 Å². The van der Waals surface area contributed by atoms with Gasteiger partial charge in [0.15, 0.2) is 0 Å². The molecule has 1 aliphatic heterocycles. The summed E-state index contributed by atoms with van der Waals surface area (Å²) < 4.78 is 1.90. The van der Waals surface area contributed by atoms with Gasteiger partial charge in [-0.3, -0.25) is 14.3 Å². The highest BCUT2D eigenvalue weighted by Gasteiger charge is 2.35. The molecule has 0 unspecified atom stereocenters. The fourth-order valence-electron chi connectivity index (χ4n) is 3.20. The average molecular weight is 358 g/mol. The van der Waals surface area contributed by atoms with Gasteiger partial charge in [-0.25, -0.2) is 0 Å². The summed E-state index contributed by atoms with van der Waals surface area (Å²) in [7, 11) is 0. The number of amides is 2. The van der Waals surface area contributed by atoms with E-state index in [9.17, 15) is 9.59 Å². The Kier molecular flexibility index (Phi) is 4.16. The van der Waals surface area contributed by atoms with Crippen molar-refractivity contribution in [2.75, 3.05) is 0 Å². The molecule has 0 radical (unpaired) electrons. The first-order valence-electron chi connectivity index (χ1n) is 8.66. The fraction of sp³-hybridized carbons (Fsp3) is 0.143. The molecule has 0 fully saturated rings. The highest BCUT2D eigenvalue weighted by atomic mass is 16.2. The molecule has 0 atom stereocenters. The summed E-state index contributed by atoms with van der Waals surface area (Å²) in [6.45, 7) is 4.49. The predicted octanol–water partition coefficient (Wildman–Crippen LogP) is 3.18. The maximum Gasteiger partial charge on any atom is 0.282 e. The molecule has 0 spiro atoms. The minimum atomic E-state index is -0.404. The number of imide groups is 1. The molecule has 2 amide bonds. The number of nitrogens with zero attached hydrogens (tertiary/aromatic N) is 4. The van der Waals surface area contributed by atoms with Crippen LogP contribution < -0.4 is 0 Å². The van der Waals surface area contributed by atoms with E-state index in [1.165, 1.54) is 0 Å². The number of hydrogen-bond donors (Lipinski definition) is 0. The minimum Gasteiger partial charge on any atom is -0.267 e. The Hall–Kier alpha value is -3.54. The second-order valence-corrected chi connectivity index (χ2v) is 6.44. The predicted molar refractivity (Wildman–Crippen MR) is 102 cm³/mol. The molecule has 0 saturated carbocycles. The molecule has 0 saturated heterocycles. The standard InChI is InChI=1S/C21H18N4O2/c1-14-19(15(2)24(23-14)13-16-8-4-3-5-9-16)12-22-25-20(26)17-10-6-7-11-18(17)21(25)27/h3-12H,13H2,1-2H3/b22-12+. The van der Waals surface area contributed by atoms with Crippen LogP contribution in [0.5, 0.6) is 0 Å². The number of fused-ring (bicyclic) bond motifs is 1. The third-order valence-corrected chi connectivity index (χ3v) is 4.69. The number of aryl methyl sites for hydroxylation is 1. The largest absolute Gasteiger partial charge is 0.282 e. The zero-order valence-electron chi connectivity index (χ0n) is 15.1. The van der Waals surface area contributed by atoms with Gasteiger partial charge in [0.2, 0.25) is 0 Å². The first-order valence-corrected chi connectivity index (χ1v) is 8.66. The van der Waals surface area contributed by atoms with Crippen LogP contribution in [0.15, 0.2) is 59.7 Å². The molecule has 134 valence electrons. The molecule has 1 aromatic heterocycles. The van der Waals surface area contributed by atoms with Gasteiger partial charge >= 0.3 is 0 Å². The molecule has 1 aliphatic rings. The Morgan fingerprint density at radius 1 is 0.926 bits per heavy atom. The lowest BCUT2D eigenvalue weighted by molar-refractivity contribution is 0.0660. The number of benzene rings is 2. The fourth-order valence-corrected chi connectivity index (χ4v) is 3.20. The van der Waals surface area contributed by atoms with Crippen LogP contribution >= 0.6 is 0 Å². The van der Waals surface area contributed by atoms with E-state index in [4.69, 9.17) is 0 Å². The Morgan fingerprint density at radius 3 is 2.15 bits per heavy atom. The maximum atomic E-state index is 12.4. The molecule has 6 nitrogen and oxygen atoms in total. The molecular formula is C21H18N4O2. The van der Waals surface area contributed by atoms with E-state index in [2.05, 4.69) is 10.2 Å². The van der Waals surface area contributed by atoms with Crippen molar-refractivity contribution in [1.29, 1.82) is 0 Å². The van der Waals surface area contributed by atoms with Crippen LogP contribution in [0.1, 0.15) is 43.2 Å². The molecule has 0 bridgehead atoms. The second-order valence-electron chi connectivity index (χ2n) is 6.44. The first kappa shape index (κ1) is 16.9. The van der Waals surface area contributed by atoms with Crippen molar-refractivity contribution in [2.24, 2.45) is 5.10 Å². The SMILES string of the molecule is Cc1nn(Cc2ccccc2)c(C)c1/C=N/N1C(=O)c2ccccc2C1=O. The van der Waals surface area contributed by atoms with Crippen LogP contribution in [-0.2, 0) is 6.54 Å². The lowest BCUT2D eigenvalue weighted by atomic mass is 10.1. The van der Waals surface area contributed by atoms with Crippen molar-refractivity contribution in [1.82, 2.24) is 14.8 Å². The van der Waals surface area contributed by atoms with E-state index in [0.29, 0.717) is 17.7 Å². The van der Waals surface area contributed by atoms with E-state index in [1.807, 2.05) is 48.9 Å². The summed E-state index contributed by atoms with van der Waals surface area (Å²) in [4.78, 5) is 24.8. The van der Waals surface area contributed by atoms with Gasteiger partial charge in [0.1, 0.15) is 0 Å². The summed E-state index contributed by atoms with van der Waals surface area (Å²) in [5.41, 5.74) is 4.44. The molecule has 2 aromatic carbocycles. The van der Waals surface area contributed by atoms with Gasteiger partial charge in [0.25, 0.3) is 11.8 Å². The van der Waals surface area contributed by atoms with Gasteiger partial charge in [-0.15, -0.1) is 0 Å². The molecule has 4 rings (SSSR count). The lowest BCUT2D eigenvalue weighted by Crippen LogP contribution is -2.24. The highest BCUT2D eigenvalue weighted by molar-refractivity contribution is 6.21. The number of aromatic nitrogens is 2. The van der Waals surface area contributed by atoms with E-state index in [-0.39, 0.29) is 0 Å². The molecular weight excluding hydrogens is 340 g/mol. The molecule has 3 aromatic rings. The van der Waals surface area contributed by atoms with Crippen LogP contribution in [0.25, 0.3) is 0 Å². The van der Waals surface area contributed by atoms with E-state index in [1.54, 1.807) is 30.5 Å². The van der Waals surface area contributed by atoms with Crippen LogP contribution in [0.3, 0.4) is 0 Å². The summed E-state index contributed by atoms with van der Waals surface area (Å²) >= 11 is 0. The van der Waals surface area contributed by atoms with Crippen molar-refractivity contribution in [2.45, 2.75) is 20.4 Å². The molecule has 27 heavy (non-hydrogen) atoms. The van der Waals surface area contributed by atoms with Crippen molar-refractivity contribution >= 4 is 18.0 Å². The third-order valence-electron chi connectivity index (χ3n) is 4.69. The Bertz CT molecular complexity index is 1030. The lowest BCUT2D eigenvalue weighted by Gasteiger charge is -2.06. The minimum absolute atomic E-state index is 0.382. The number of hydrazone groups is 1. The number of carbonyl (C=O) groups is 2. The monoisotopic (exact) mass is 358 g/mol. The van der Waals surface area contributed by atoms with Crippen LogP contribution in [0.2, 0.25) is 0 Å². The quantitative estimate of drug-likeness (QED) is 0.531. The number of rotatable bonds is 4. The summed E-state index contributed by atoms with van der Waals surface area (Å²) in [6.07, 6.45) is 1.54. The Morgan fingerprint density at radius 2 is 1.52 bits per heavy atom. The van der Waals surface area contributed by atoms with Gasteiger partial charge in [0, 0.05) is 11.3 Å².